The fourth-order valence-electron chi connectivity index (χ4n) is 0.760. The van der Waals surface area contributed by atoms with Gasteiger partial charge in [0.2, 0.25) is 0 Å². The summed E-state index contributed by atoms with van der Waals surface area (Å²) in [6.45, 7) is 1.70. The molecular formula is C7H8O3. The first-order valence-electron chi connectivity index (χ1n) is 2.97. The van der Waals surface area contributed by atoms with Gasteiger partial charge in [-0.25, -0.2) is 4.79 Å². The molecule has 0 saturated carbocycles. The van der Waals surface area contributed by atoms with E-state index in [1.165, 1.54) is 12.3 Å². The standard InChI is InChI=1S/C7H8O3/c1-5-6(7(8)9)3-2-4-10-5/h2-5H,1H3,(H,8,9)/t5-/m1/s1. The Balaban J connectivity index is 2.80. The summed E-state index contributed by atoms with van der Waals surface area (Å²) in [6, 6.07) is 0. The third-order valence-corrected chi connectivity index (χ3v) is 1.32. The van der Waals surface area contributed by atoms with Gasteiger partial charge in [0.1, 0.15) is 6.10 Å². The van der Waals surface area contributed by atoms with Crippen molar-refractivity contribution in [2.45, 2.75) is 13.0 Å². The SMILES string of the molecule is C[C@H]1OC=CC=C1C(=O)O. The van der Waals surface area contributed by atoms with Crippen LogP contribution in [0.4, 0.5) is 0 Å². The number of aliphatic carboxylic acids is 1. The van der Waals surface area contributed by atoms with E-state index in [1.807, 2.05) is 0 Å². The first-order valence-corrected chi connectivity index (χ1v) is 2.97. The van der Waals surface area contributed by atoms with E-state index >= 15 is 0 Å². The molecule has 1 N–H and O–H groups in total. The molecule has 0 aromatic rings. The van der Waals surface area contributed by atoms with Gasteiger partial charge in [0.25, 0.3) is 0 Å². The lowest BCUT2D eigenvalue weighted by molar-refractivity contribution is -0.133. The highest BCUT2D eigenvalue weighted by molar-refractivity contribution is 5.88. The van der Waals surface area contributed by atoms with Crippen LogP contribution >= 0.6 is 0 Å². The Morgan fingerprint density at radius 3 is 2.90 bits per heavy atom. The molecule has 0 unspecified atom stereocenters. The molecule has 1 aliphatic rings. The van der Waals surface area contributed by atoms with Gasteiger partial charge >= 0.3 is 5.97 Å². The highest BCUT2D eigenvalue weighted by Crippen LogP contribution is 2.11. The van der Waals surface area contributed by atoms with E-state index in [9.17, 15) is 4.79 Å². The molecule has 10 heavy (non-hydrogen) atoms. The maximum absolute atomic E-state index is 10.4. The van der Waals surface area contributed by atoms with Crippen molar-refractivity contribution in [3.63, 3.8) is 0 Å². The quantitative estimate of drug-likeness (QED) is 0.589. The molecule has 0 fully saturated rings. The Morgan fingerprint density at radius 2 is 2.50 bits per heavy atom. The van der Waals surface area contributed by atoms with Crippen molar-refractivity contribution in [3.05, 3.63) is 24.0 Å². The van der Waals surface area contributed by atoms with Crippen molar-refractivity contribution in [1.29, 1.82) is 0 Å². The summed E-state index contributed by atoms with van der Waals surface area (Å²) in [5.74, 6) is -0.920. The van der Waals surface area contributed by atoms with E-state index in [0.29, 0.717) is 5.57 Å². The second kappa shape index (κ2) is 2.56. The molecule has 0 amide bonds. The van der Waals surface area contributed by atoms with Crippen LogP contribution in [0.1, 0.15) is 6.92 Å². The van der Waals surface area contributed by atoms with Gasteiger partial charge in [-0.15, -0.1) is 0 Å². The molecule has 0 bridgehead atoms. The van der Waals surface area contributed by atoms with Gasteiger partial charge in [-0.3, -0.25) is 0 Å². The number of carboxylic acid groups (broad SMARTS) is 1. The van der Waals surface area contributed by atoms with E-state index in [2.05, 4.69) is 0 Å². The summed E-state index contributed by atoms with van der Waals surface area (Å²) in [7, 11) is 0. The Labute approximate surface area is 58.6 Å². The Bertz CT molecular complexity index is 203. The van der Waals surface area contributed by atoms with Crippen LogP contribution in [0.5, 0.6) is 0 Å². The van der Waals surface area contributed by atoms with Crippen LogP contribution in [0.25, 0.3) is 0 Å². The first-order chi connectivity index (χ1) is 4.72. The van der Waals surface area contributed by atoms with Crippen molar-refractivity contribution in [2.75, 3.05) is 0 Å². The maximum atomic E-state index is 10.4. The monoisotopic (exact) mass is 140 g/mol. The van der Waals surface area contributed by atoms with Crippen LogP contribution in [-0.4, -0.2) is 17.2 Å². The predicted molar refractivity (Wildman–Crippen MR) is 35.4 cm³/mol. The number of hydrogen-bond acceptors (Lipinski definition) is 2. The minimum Gasteiger partial charge on any atom is -0.493 e. The fourth-order valence-corrected chi connectivity index (χ4v) is 0.760. The molecule has 0 saturated heterocycles. The number of allylic oxidation sites excluding steroid dienone is 2. The third kappa shape index (κ3) is 1.18. The van der Waals surface area contributed by atoms with Gasteiger partial charge in [0.15, 0.2) is 0 Å². The fraction of sp³-hybridized carbons (Fsp3) is 0.286. The van der Waals surface area contributed by atoms with Crippen LogP contribution in [0, 0.1) is 0 Å². The number of carbonyl (C=O) groups is 1. The number of ether oxygens (including phenoxy) is 1. The summed E-state index contributed by atoms with van der Waals surface area (Å²) < 4.78 is 4.92. The molecule has 54 valence electrons. The molecule has 3 nitrogen and oxygen atoms in total. The van der Waals surface area contributed by atoms with Gasteiger partial charge in [0.05, 0.1) is 11.8 Å². The number of rotatable bonds is 1. The summed E-state index contributed by atoms with van der Waals surface area (Å²) in [5.41, 5.74) is 0.294. The molecule has 0 aliphatic carbocycles. The van der Waals surface area contributed by atoms with E-state index in [4.69, 9.17) is 9.84 Å². The first kappa shape index (κ1) is 6.86. The zero-order valence-corrected chi connectivity index (χ0v) is 5.57. The van der Waals surface area contributed by atoms with Gasteiger partial charge in [0, 0.05) is 0 Å². The van der Waals surface area contributed by atoms with Gasteiger partial charge in [-0.05, 0) is 19.1 Å². The molecule has 0 aromatic carbocycles. The third-order valence-electron chi connectivity index (χ3n) is 1.32. The summed E-state index contributed by atoms with van der Waals surface area (Å²) in [6.07, 6.45) is 4.26. The second-order valence-corrected chi connectivity index (χ2v) is 2.03. The molecular weight excluding hydrogens is 132 g/mol. The van der Waals surface area contributed by atoms with Crippen molar-refractivity contribution in [3.8, 4) is 0 Å². The van der Waals surface area contributed by atoms with E-state index in [0.717, 1.165) is 0 Å². The summed E-state index contributed by atoms with van der Waals surface area (Å²) in [5, 5.41) is 8.53. The van der Waals surface area contributed by atoms with Crippen LogP contribution < -0.4 is 0 Å². The summed E-state index contributed by atoms with van der Waals surface area (Å²) in [4.78, 5) is 10.4. The smallest absolute Gasteiger partial charge is 0.335 e. The van der Waals surface area contributed by atoms with Gasteiger partial charge < -0.3 is 9.84 Å². The maximum Gasteiger partial charge on any atom is 0.335 e. The molecule has 0 radical (unpaired) electrons. The van der Waals surface area contributed by atoms with Crippen LogP contribution in [-0.2, 0) is 9.53 Å². The molecule has 1 rings (SSSR count). The molecule has 1 atom stereocenters. The minimum atomic E-state index is -0.920. The van der Waals surface area contributed by atoms with Gasteiger partial charge in [-0.2, -0.15) is 0 Å². The molecule has 1 aliphatic heterocycles. The lowest BCUT2D eigenvalue weighted by atomic mass is 10.1. The van der Waals surface area contributed by atoms with Crippen LogP contribution in [0.2, 0.25) is 0 Å². The average molecular weight is 140 g/mol. The number of hydrogen-bond donors (Lipinski definition) is 1. The number of carboxylic acids is 1. The highest BCUT2D eigenvalue weighted by atomic mass is 16.5. The molecule has 3 heteroatoms. The normalized spacial score (nSPS) is 23.3. The largest absolute Gasteiger partial charge is 0.493 e. The minimum absolute atomic E-state index is 0.294. The van der Waals surface area contributed by atoms with Crippen molar-refractivity contribution in [1.82, 2.24) is 0 Å². The topological polar surface area (TPSA) is 46.5 Å². The van der Waals surface area contributed by atoms with E-state index < -0.39 is 5.97 Å². The zero-order valence-electron chi connectivity index (χ0n) is 5.57. The lowest BCUT2D eigenvalue weighted by Gasteiger charge is -2.14. The summed E-state index contributed by atoms with van der Waals surface area (Å²) >= 11 is 0. The molecule has 0 aromatic heterocycles. The lowest BCUT2D eigenvalue weighted by Crippen LogP contribution is -2.17. The van der Waals surface area contributed by atoms with Crippen LogP contribution in [0.3, 0.4) is 0 Å². The van der Waals surface area contributed by atoms with Crippen molar-refractivity contribution in [2.24, 2.45) is 0 Å². The Morgan fingerprint density at radius 1 is 1.80 bits per heavy atom. The second-order valence-electron chi connectivity index (χ2n) is 2.03. The average Bonchev–Trinajstić information content (AvgIpc) is 1.88. The predicted octanol–water partition coefficient (Wildman–Crippen LogP) is 0.930. The molecule has 1 heterocycles. The zero-order chi connectivity index (χ0) is 7.56. The van der Waals surface area contributed by atoms with Gasteiger partial charge in [-0.1, -0.05) is 0 Å². The van der Waals surface area contributed by atoms with E-state index in [1.54, 1.807) is 13.0 Å². The molecule has 0 spiro atoms. The Hall–Kier alpha value is -1.25. The van der Waals surface area contributed by atoms with E-state index in [-0.39, 0.29) is 6.10 Å². The van der Waals surface area contributed by atoms with Crippen molar-refractivity contribution < 1.29 is 14.6 Å². The highest BCUT2D eigenvalue weighted by Gasteiger charge is 2.16. The van der Waals surface area contributed by atoms with Crippen LogP contribution in [0.15, 0.2) is 24.0 Å². The Kier molecular flexibility index (Phi) is 1.76. The van der Waals surface area contributed by atoms with Crippen molar-refractivity contribution >= 4 is 5.97 Å².